The first kappa shape index (κ1) is 11.6. The summed E-state index contributed by atoms with van der Waals surface area (Å²) in [7, 11) is 6.19. The molecule has 0 radical (unpaired) electrons. The molecule has 1 aliphatic rings. The minimum Gasteiger partial charge on any atom is -0.344 e. The highest BCUT2D eigenvalue weighted by molar-refractivity contribution is 7.71. The third-order valence-electron chi connectivity index (χ3n) is 3.22. The zero-order valence-electron chi connectivity index (χ0n) is 10.1. The minimum absolute atomic E-state index is 0.672. The second-order valence-electron chi connectivity index (χ2n) is 4.69. The van der Waals surface area contributed by atoms with Crippen LogP contribution in [0, 0.1) is 10.7 Å². The molecular weight excluding hydrogens is 222 g/mol. The average Bonchev–Trinajstić information content (AvgIpc) is 2.76. The summed E-state index contributed by atoms with van der Waals surface area (Å²) in [5, 5.41) is 7.05. The highest BCUT2D eigenvalue weighted by Crippen LogP contribution is 2.17. The maximum atomic E-state index is 5.10. The van der Waals surface area contributed by atoms with E-state index in [0.717, 1.165) is 18.4 Å². The Morgan fingerprint density at radius 2 is 2.31 bits per heavy atom. The summed E-state index contributed by atoms with van der Waals surface area (Å²) in [6.07, 6.45) is 1.27. The van der Waals surface area contributed by atoms with E-state index >= 15 is 0 Å². The molecule has 1 fully saturated rings. The van der Waals surface area contributed by atoms with Gasteiger partial charge in [-0.05, 0) is 38.1 Å². The van der Waals surface area contributed by atoms with Crippen molar-refractivity contribution in [2.24, 2.45) is 13.0 Å². The van der Waals surface area contributed by atoms with Crippen molar-refractivity contribution in [1.82, 2.24) is 19.7 Å². The van der Waals surface area contributed by atoms with Crippen molar-refractivity contribution in [3.05, 3.63) is 4.77 Å². The second kappa shape index (κ2) is 4.55. The van der Waals surface area contributed by atoms with Crippen molar-refractivity contribution in [1.29, 1.82) is 0 Å². The SMILES string of the molecule is CN1CCC(CN(C)c2n[nH]c(=S)n2C)C1. The van der Waals surface area contributed by atoms with Crippen LogP contribution in [0.4, 0.5) is 5.95 Å². The molecule has 0 bridgehead atoms. The molecule has 1 N–H and O–H groups in total. The third kappa shape index (κ3) is 2.27. The largest absolute Gasteiger partial charge is 0.344 e. The van der Waals surface area contributed by atoms with Gasteiger partial charge in [-0.25, -0.2) is 5.10 Å². The van der Waals surface area contributed by atoms with Gasteiger partial charge in [0, 0.05) is 27.2 Å². The Morgan fingerprint density at radius 3 is 2.81 bits per heavy atom. The standard InChI is InChI=1S/C10H19N5S/c1-13-5-4-8(6-13)7-14(2)9-11-12-10(16)15(9)3/h8H,4-7H2,1-3H3,(H,12,16). The van der Waals surface area contributed by atoms with Crippen molar-refractivity contribution in [3.63, 3.8) is 0 Å². The number of nitrogens with one attached hydrogen (secondary N) is 1. The molecule has 0 aliphatic carbocycles. The van der Waals surface area contributed by atoms with Crippen molar-refractivity contribution >= 4 is 18.2 Å². The number of nitrogens with zero attached hydrogens (tertiary/aromatic N) is 4. The zero-order valence-corrected chi connectivity index (χ0v) is 10.9. The van der Waals surface area contributed by atoms with Crippen molar-refractivity contribution < 1.29 is 0 Å². The molecule has 90 valence electrons. The molecule has 1 aromatic heterocycles. The fourth-order valence-corrected chi connectivity index (χ4v) is 2.45. The first-order valence-electron chi connectivity index (χ1n) is 5.59. The van der Waals surface area contributed by atoms with Gasteiger partial charge in [0.25, 0.3) is 0 Å². The second-order valence-corrected chi connectivity index (χ2v) is 5.07. The molecule has 1 aromatic rings. The van der Waals surface area contributed by atoms with Gasteiger partial charge in [0.2, 0.25) is 5.95 Å². The van der Waals surface area contributed by atoms with Crippen LogP contribution in [-0.2, 0) is 7.05 Å². The Morgan fingerprint density at radius 1 is 1.56 bits per heavy atom. The topological polar surface area (TPSA) is 40.1 Å². The normalized spacial score (nSPS) is 21.6. The third-order valence-corrected chi connectivity index (χ3v) is 3.58. The summed E-state index contributed by atoms with van der Waals surface area (Å²) < 4.78 is 2.58. The first-order chi connectivity index (χ1) is 7.58. The van der Waals surface area contributed by atoms with Crippen LogP contribution in [0.25, 0.3) is 0 Å². The predicted octanol–water partition coefficient (Wildman–Crippen LogP) is 0.866. The van der Waals surface area contributed by atoms with E-state index < -0.39 is 0 Å². The molecule has 6 heteroatoms. The molecule has 1 aliphatic heterocycles. The quantitative estimate of drug-likeness (QED) is 0.797. The van der Waals surface area contributed by atoms with Gasteiger partial charge < -0.3 is 9.80 Å². The van der Waals surface area contributed by atoms with Crippen LogP contribution in [0.3, 0.4) is 0 Å². The highest BCUT2D eigenvalue weighted by Gasteiger charge is 2.22. The molecule has 0 saturated carbocycles. The lowest BCUT2D eigenvalue weighted by Gasteiger charge is -2.21. The molecule has 2 rings (SSSR count). The molecular formula is C10H19N5S. The Labute approximate surface area is 101 Å². The van der Waals surface area contributed by atoms with E-state index in [1.807, 2.05) is 11.6 Å². The van der Waals surface area contributed by atoms with Crippen molar-refractivity contribution in [2.45, 2.75) is 6.42 Å². The zero-order chi connectivity index (χ0) is 11.7. The van der Waals surface area contributed by atoms with Gasteiger partial charge in [-0.15, -0.1) is 5.10 Å². The van der Waals surface area contributed by atoms with E-state index in [1.54, 1.807) is 0 Å². The molecule has 5 nitrogen and oxygen atoms in total. The smallest absolute Gasteiger partial charge is 0.225 e. The maximum Gasteiger partial charge on any atom is 0.225 e. The van der Waals surface area contributed by atoms with Gasteiger partial charge >= 0.3 is 0 Å². The van der Waals surface area contributed by atoms with Gasteiger partial charge in [0.05, 0.1) is 0 Å². The van der Waals surface area contributed by atoms with Crippen LogP contribution in [0.5, 0.6) is 0 Å². The lowest BCUT2D eigenvalue weighted by atomic mass is 10.1. The molecule has 16 heavy (non-hydrogen) atoms. The number of hydrogen-bond donors (Lipinski definition) is 1. The summed E-state index contributed by atoms with van der Waals surface area (Å²) >= 11 is 5.10. The summed E-state index contributed by atoms with van der Waals surface area (Å²) in [5.41, 5.74) is 0. The highest BCUT2D eigenvalue weighted by atomic mass is 32.1. The molecule has 1 saturated heterocycles. The van der Waals surface area contributed by atoms with Crippen LogP contribution < -0.4 is 4.90 Å². The Balaban J connectivity index is 2.00. The van der Waals surface area contributed by atoms with Gasteiger partial charge in [0.15, 0.2) is 4.77 Å². The fraction of sp³-hybridized carbons (Fsp3) is 0.800. The van der Waals surface area contributed by atoms with Crippen LogP contribution in [0.1, 0.15) is 6.42 Å². The fourth-order valence-electron chi connectivity index (χ4n) is 2.32. The van der Waals surface area contributed by atoms with E-state index in [0.29, 0.717) is 4.77 Å². The van der Waals surface area contributed by atoms with Crippen LogP contribution in [-0.4, -0.2) is 53.4 Å². The number of aromatic amines is 1. The van der Waals surface area contributed by atoms with Gasteiger partial charge in [-0.2, -0.15) is 0 Å². The number of H-pyrrole nitrogens is 1. The van der Waals surface area contributed by atoms with Crippen LogP contribution in [0.15, 0.2) is 0 Å². The van der Waals surface area contributed by atoms with Crippen LogP contribution >= 0.6 is 12.2 Å². The number of aromatic nitrogens is 3. The van der Waals surface area contributed by atoms with E-state index in [2.05, 4.69) is 34.1 Å². The number of rotatable bonds is 3. The van der Waals surface area contributed by atoms with Crippen molar-refractivity contribution in [3.8, 4) is 0 Å². The summed E-state index contributed by atoms with van der Waals surface area (Å²) in [6, 6.07) is 0. The Hall–Kier alpha value is -0.880. The molecule has 0 amide bonds. The van der Waals surface area contributed by atoms with Gasteiger partial charge in [-0.1, -0.05) is 0 Å². The van der Waals surface area contributed by atoms with Gasteiger partial charge in [-0.3, -0.25) is 4.57 Å². The summed E-state index contributed by atoms with van der Waals surface area (Å²) in [6.45, 7) is 3.43. The first-order valence-corrected chi connectivity index (χ1v) is 6.00. The number of likely N-dealkylation sites (tertiary alicyclic amines) is 1. The van der Waals surface area contributed by atoms with E-state index in [-0.39, 0.29) is 0 Å². The monoisotopic (exact) mass is 241 g/mol. The predicted molar refractivity (Wildman–Crippen MR) is 67.3 cm³/mol. The maximum absolute atomic E-state index is 5.10. The van der Waals surface area contributed by atoms with E-state index in [4.69, 9.17) is 12.2 Å². The molecule has 1 unspecified atom stereocenters. The van der Waals surface area contributed by atoms with E-state index in [1.165, 1.54) is 19.5 Å². The lowest BCUT2D eigenvalue weighted by Crippen LogP contribution is -2.29. The van der Waals surface area contributed by atoms with Gasteiger partial charge in [0.1, 0.15) is 0 Å². The molecule has 0 aromatic carbocycles. The Bertz CT molecular complexity index is 410. The number of hydrogen-bond acceptors (Lipinski definition) is 4. The van der Waals surface area contributed by atoms with E-state index in [9.17, 15) is 0 Å². The molecule has 2 heterocycles. The molecule has 1 atom stereocenters. The van der Waals surface area contributed by atoms with Crippen LogP contribution in [0.2, 0.25) is 0 Å². The Kier molecular flexibility index (Phi) is 3.30. The number of anilines is 1. The minimum atomic E-state index is 0.672. The lowest BCUT2D eigenvalue weighted by molar-refractivity contribution is 0.395. The van der Waals surface area contributed by atoms with Crippen molar-refractivity contribution in [2.75, 3.05) is 38.6 Å². The molecule has 0 spiro atoms. The average molecular weight is 241 g/mol. The summed E-state index contributed by atoms with van der Waals surface area (Å²) in [4.78, 5) is 4.55. The summed E-state index contributed by atoms with van der Waals surface area (Å²) in [5.74, 6) is 1.65.